The first-order chi connectivity index (χ1) is 6.54. The molecule has 0 aromatic heterocycles. The number of nitrogens with two attached hydrogens (primary N) is 6. The van der Waals surface area contributed by atoms with Crippen LogP contribution in [0.4, 0.5) is 34.1 Å². The maximum Gasteiger partial charge on any atom is 0.0993 e. The van der Waals surface area contributed by atoms with Gasteiger partial charge >= 0.3 is 0 Å². The van der Waals surface area contributed by atoms with Crippen LogP contribution in [0, 0.1) is 0 Å². The summed E-state index contributed by atoms with van der Waals surface area (Å²) in [6.07, 6.45) is 0. The van der Waals surface area contributed by atoms with Crippen molar-refractivity contribution in [1.29, 1.82) is 0 Å². The van der Waals surface area contributed by atoms with E-state index in [-0.39, 0.29) is 22.7 Å². The predicted molar refractivity (Wildman–Crippen MR) is 59.7 cm³/mol. The van der Waals surface area contributed by atoms with Gasteiger partial charge in [-0.2, -0.15) is 0 Å². The maximum absolute atomic E-state index is 5.64. The highest BCUT2D eigenvalue weighted by Crippen LogP contribution is 2.42. The molecule has 0 amide bonds. The zero-order valence-electron chi connectivity index (χ0n) is 7.46. The SMILES string of the molecule is NNc1c(N)c(N)c(NN)c(N)c1N. The van der Waals surface area contributed by atoms with Gasteiger partial charge in [-0.1, -0.05) is 0 Å². The fourth-order valence-electron chi connectivity index (χ4n) is 1.14. The summed E-state index contributed by atoms with van der Waals surface area (Å²) in [5, 5.41) is 0. The van der Waals surface area contributed by atoms with Crippen LogP contribution in [0.1, 0.15) is 0 Å². The van der Waals surface area contributed by atoms with Crippen LogP contribution in [0.2, 0.25) is 0 Å². The molecule has 0 heterocycles. The predicted octanol–water partition coefficient (Wildman–Crippen LogP) is -1.41. The number of anilines is 6. The van der Waals surface area contributed by atoms with E-state index in [9.17, 15) is 0 Å². The lowest BCUT2D eigenvalue weighted by atomic mass is 10.1. The highest BCUT2D eigenvalue weighted by molar-refractivity contribution is 6.04. The Morgan fingerprint density at radius 2 is 0.786 bits per heavy atom. The van der Waals surface area contributed by atoms with Gasteiger partial charge in [-0.25, -0.2) is 0 Å². The highest BCUT2D eigenvalue weighted by atomic mass is 15.2. The van der Waals surface area contributed by atoms with Crippen LogP contribution in [0.15, 0.2) is 0 Å². The van der Waals surface area contributed by atoms with Gasteiger partial charge in [-0.3, -0.25) is 11.7 Å². The van der Waals surface area contributed by atoms with Crippen molar-refractivity contribution in [2.45, 2.75) is 0 Å². The van der Waals surface area contributed by atoms with E-state index in [1.54, 1.807) is 0 Å². The van der Waals surface area contributed by atoms with Crippen LogP contribution in [-0.4, -0.2) is 0 Å². The van der Waals surface area contributed by atoms with Crippen molar-refractivity contribution in [2.24, 2.45) is 11.7 Å². The molecule has 0 aliphatic carbocycles. The Hall–Kier alpha value is -2.06. The highest BCUT2D eigenvalue weighted by Gasteiger charge is 2.16. The van der Waals surface area contributed by atoms with Crippen LogP contribution in [0.25, 0.3) is 0 Å². The van der Waals surface area contributed by atoms with Gasteiger partial charge in [0.15, 0.2) is 0 Å². The van der Waals surface area contributed by atoms with Gasteiger partial charge in [0.1, 0.15) is 0 Å². The van der Waals surface area contributed by atoms with Crippen molar-refractivity contribution in [3.63, 3.8) is 0 Å². The molecule has 0 atom stereocenters. The molecule has 0 bridgehead atoms. The molecule has 8 heteroatoms. The van der Waals surface area contributed by atoms with Crippen LogP contribution >= 0.6 is 0 Å². The van der Waals surface area contributed by atoms with E-state index in [0.717, 1.165) is 0 Å². The molecule has 0 aliphatic rings. The largest absolute Gasteiger partial charge is 0.395 e. The van der Waals surface area contributed by atoms with Crippen molar-refractivity contribution >= 4 is 34.1 Å². The molecule has 0 radical (unpaired) electrons. The topological polar surface area (TPSA) is 180 Å². The van der Waals surface area contributed by atoms with Crippen LogP contribution in [-0.2, 0) is 0 Å². The molecule has 0 saturated carbocycles. The van der Waals surface area contributed by atoms with Gasteiger partial charge in [0.25, 0.3) is 0 Å². The average Bonchev–Trinajstić information content (AvgIpc) is 2.17. The molecule has 0 aliphatic heterocycles. The molecule has 14 N–H and O–H groups in total. The lowest BCUT2D eigenvalue weighted by Gasteiger charge is -2.17. The van der Waals surface area contributed by atoms with Gasteiger partial charge in [0.05, 0.1) is 34.1 Å². The number of benzene rings is 1. The first-order valence-electron chi connectivity index (χ1n) is 3.73. The van der Waals surface area contributed by atoms with E-state index in [2.05, 4.69) is 10.9 Å². The van der Waals surface area contributed by atoms with E-state index in [1.807, 2.05) is 0 Å². The van der Waals surface area contributed by atoms with Crippen molar-refractivity contribution < 1.29 is 0 Å². The standard InChI is InChI=1S/C6H14N8/c7-1-2(8)6(14-12)4(10)3(9)5(1)13-11/h13-14H,7-12H2. The molecule has 1 aromatic carbocycles. The summed E-state index contributed by atoms with van der Waals surface area (Å²) in [7, 11) is 0. The number of hydrogen-bond acceptors (Lipinski definition) is 8. The minimum absolute atomic E-state index is 0.201. The Morgan fingerprint density at radius 3 is 0.929 bits per heavy atom. The summed E-state index contributed by atoms with van der Waals surface area (Å²) >= 11 is 0. The Kier molecular flexibility index (Phi) is 2.40. The molecule has 78 valence electrons. The van der Waals surface area contributed by atoms with Crippen LogP contribution in [0.3, 0.4) is 0 Å². The van der Waals surface area contributed by atoms with Crippen molar-refractivity contribution in [3.05, 3.63) is 0 Å². The third-order valence-corrected chi connectivity index (χ3v) is 1.95. The van der Waals surface area contributed by atoms with Gasteiger partial charge in [-0.15, -0.1) is 0 Å². The number of nitrogens with one attached hydrogen (secondary N) is 2. The second-order valence-corrected chi connectivity index (χ2v) is 2.69. The summed E-state index contributed by atoms with van der Waals surface area (Å²) in [4.78, 5) is 0. The van der Waals surface area contributed by atoms with Crippen molar-refractivity contribution in [3.8, 4) is 0 Å². The molecule has 0 unspecified atom stereocenters. The van der Waals surface area contributed by atoms with Gasteiger partial charge in [0, 0.05) is 0 Å². The number of hydrogen-bond donors (Lipinski definition) is 8. The van der Waals surface area contributed by atoms with Crippen molar-refractivity contribution in [1.82, 2.24) is 0 Å². The molecule has 8 nitrogen and oxygen atoms in total. The second-order valence-electron chi connectivity index (χ2n) is 2.69. The van der Waals surface area contributed by atoms with Crippen molar-refractivity contribution in [2.75, 3.05) is 33.8 Å². The first kappa shape index (κ1) is 10.0. The monoisotopic (exact) mass is 198 g/mol. The summed E-state index contributed by atoms with van der Waals surface area (Å²) in [5.74, 6) is 10.4. The maximum atomic E-state index is 5.64. The quantitative estimate of drug-likeness (QED) is 0.162. The summed E-state index contributed by atoms with van der Waals surface area (Å²) < 4.78 is 0. The Bertz CT molecular complexity index is 295. The third kappa shape index (κ3) is 1.18. The Morgan fingerprint density at radius 1 is 0.571 bits per heavy atom. The van der Waals surface area contributed by atoms with E-state index in [4.69, 9.17) is 34.6 Å². The molecule has 0 spiro atoms. The van der Waals surface area contributed by atoms with Crippen LogP contribution in [0.5, 0.6) is 0 Å². The van der Waals surface area contributed by atoms with E-state index >= 15 is 0 Å². The molecular formula is C6H14N8. The lowest BCUT2D eigenvalue weighted by Crippen LogP contribution is -2.18. The van der Waals surface area contributed by atoms with E-state index in [0.29, 0.717) is 11.4 Å². The molecule has 14 heavy (non-hydrogen) atoms. The Balaban J connectivity index is 3.55. The first-order valence-corrected chi connectivity index (χ1v) is 3.73. The average molecular weight is 198 g/mol. The molecule has 1 rings (SSSR count). The number of rotatable bonds is 2. The van der Waals surface area contributed by atoms with E-state index < -0.39 is 0 Å². The minimum Gasteiger partial charge on any atom is -0.395 e. The fourth-order valence-corrected chi connectivity index (χ4v) is 1.14. The minimum atomic E-state index is 0.201. The molecule has 0 fully saturated rings. The zero-order chi connectivity index (χ0) is 10.9. The lowest BCUT2D eigenvalue weighted by molar-refractivity contribution is 1.33. The molecular weight excluding hydrogens is 184 g/mol. The smallest absolute Gasteiger partial charge is 0.0993 e. The van der Waals surface area contributed by atoms with Gasteiger partial charge in [0.2, 0.25) is 0 Å². The number of nitrogen functional groups attached to an aromatic ring is 6. The van der Waals surface area contributed by atoms with Gasteiger partial charge in [-0.05, 0) is 0 Å². The van der Waals surface area contributed by atoms with E-state index in [1.165, 1.54) is 0 Å². The number of hydrazine groups is 2. The molecule has 0 saturated heterocycles. The molecule has 1 aromatic rings. The Labute approximate surface area is 80.5 Å². The van der Waals surface area contributed by atoms with Crippen LogP contribution < -0.4 is 45.5 Å². The fraction of sp³-hybridized carbons (Fsp3) is 0. The second kappa shape index (κ2) is 3.36. The summed E-state index contributed by atoms with van der Waals surface area (Å²) in [6.45, 7) is 0. The third-order valence-electron chi connectivity index (χ3n) is 1.95. The normalized spacial score (nSPS) is 9.86. The van der Waals surface area contributed by atoms with Gasteiger partial charge < -0.3 is 33.8 Å². The summed E-state index contributed by atoms with van der Waals surface area (Å²) in [6, 6.07) is 0. The zero-order valence-corrected chi connectivity index (χ0v) is 7.46. The summed E-state index contributed by atoms with van der Waals surface area (Å²) in [5.41, 5.74) is 28.6.